The van der Waals surface area contributed by atoms with Crippen LogP contribution < -0.4 is 5.32 Å². The molecule has 1 aliphatic heterocycles. The molecule has 0 aromatic heterocycles. The number of anilines is 1. The molecular formula is C24H31N2O3Y+. The number of aryl methyl sites for hydroxylation is 2. The first kappa shape index (κ1) is 24.7. The van der Waals surface area contributed by atoms with Gasteiger partial charge in [-0.25, -0.2) is 4.79 Å². The quantitative estimate of drug-likeness (QED) is 0.501. The number of methoxy groups -OCH3 is 1. The van der Waals surface area contributed by atoms with Gasteiger partial charge in [-0.05, 0) is 43.4 Å². The van der Waals surface area contributed by atoms with Gasteiger partial charge in [0.15, 0.2) is 13.1 Å². The van der Waals surface area contributed by atoms with Crippen molar-refractivity contribution in [3.63, 3.8) is 0 Å². The fourth-order valence-corrected chi connectivity index (χ4v) is 4.50. The average Bonchev–Trinajstić information content (AvgIpc) is 2.71. The van der Waals surface area contributed by atoms with Crippen LogP contribution in [0.5, 0.6) is 0 Å². The molecule has 0 spiro atoms. The molecule has 2 aromatic carbocycles. The van der Waals surface area contributed by atoms with Crippen LogP contribution in [0.4, 0.5) is 5.69 Å². The Bertz CT molecular complexity index is 852. The van der Waals surface area contributed by atoms with Gasteiger partial charge in [-0.15, -0.1) is 0 Å². The summed E-state index contributed by atoms with van der Waals surface area (Å²) in [6, 6.07) is 16.4. The van der Waals surface area contributed by atoms with Gasteiger partial charge in [0.25, 0.3) is 5.91 Å². The van der Waals surface area contributed by atoms with Crippen LogP contribution in [0.1, 0.15) is 35.4 Å². The van der Waals surface area contributed by atoms with Crippen molar-refractivity contribution in [2.45, 2.75) is 32.6 Å². The molecule has 2 unspecified atom stereocenters. The van der Waals surface area contributed by atoms with Crippen molar-refractivity contribution in [1.29, 1.82) is 0 Å². The predicted octanol–water partition coefficient (Wildman–Crippen LogP) is 3.81. The second-order valence-electron chi connectivity index (χ2n) is 8.21. The summed E-state index contributed by atoms with van der Waals surface area (Å²) in [6.45, 7) is 6.05. The minimum Gasteiger partial charge on any atom is -0.465 e. The molecule has 1 radical (unpaired) electrons. The van der Waals surface area contributed by atoms with Gasteiger partial charge in [0.1, 0.15) is 0 Å². The number of benzene rings is 2. The summed E-state index contributed by atoms with van der Waals surface area (Å²) in [6.07, 6.45) is 2.05. The summed E-state index contributed by atoms with van der Waals surface area (Å²) in [5, 5.41) is 3.09. The SMILES string of the molecule is COC(=O)C[N+]1(CC(=O)Nc2c(C)cccc2C)CCCC(c2ccccc2)C1.[Y]. The summed E-state index contributed by atoms with van der Waals surface area (Å²) < 4.78 is 5.40. The van der Waals surface area contributed by atoms with Gasteiger partial charge in [0, 0.05) is 44.3 Å². The van der Waals surface area contributed by atoms with Crippen LogP contribution in [0.15, 0.2) is 48.5 Å². The Morgan fingerprint density at radius 3 is 2.33 bits per heavy atom. The number of ether oxygens (including phenoxy) is 1. The second kappa shape index (κ2) is 11.2. The first-order chi connectivity index (χ1) is 13.9. The molecular weight excluding hydrogens is 453 g/mol. The normalized spacial score (nSPS) is 20.7. The van der Waals surface area contributed by atoms with Crippen LogP contribution in [0.2, 0.25) is 0 Å². The number of nitrogens with zero attached hydrogens (tertiary/aromatic N) is 1. The van der Waals surface area contributed by atoms with E-state index < -0.39 is 0 Å². The molecule has 0 aliphatic carbocycles. The number of likely N-dealkylation sites (tertiary alicyclic amines) is 1. The Morgan fingerprint density at radius 1 is 1.03 bits per heavy atom. The zero-order valence-electron chi connectivity index (χ0n) is 18.2. The van der Waals surface area contributed by atoms with Crippen LogP contribution in [-0.4, -0.2) is 49.6 Å². The van der Waals surface area contributed by atoms with Gasteiger partial charge >= 0.3 is 5.97 Å². The summed E-state index contributed by atoms with van der Waals surface area (Å²) >= 11 is 0. The number of amides is 1. The first-order valence-electron chi connectivity index (χ1n) is 10.3. The van der Waals surface area contributed by atoms with Gasteiger partial charge in [0.2, 0.25) is 0 Å². The van der Waals surface area contributed by atoms with E-state index in [2.05, 4.69) is 17.4 Å². The molecule has 0 bridgehead atoms. The van der Waals surface area contributed by atoms with Gasteiger partial charge in [-0.3, -0.25) is 4.79 Å². The van der Waals surface area contributed by atoms with Gasteiger partial charge in [-0.2, -0.15) is 0 Å². The molecule has 1 saturated heterocycles. The first-order valence-corrected chi connectivity index (χ1v) is 10.3. The van der Waals surface area contributed by atoms with E-state index in [1.54, 1.807) is 0 Å². The largest absolute Gasteiger partial charge is 0.465 e. The average molecular weight is 484 g/mol. The van der Waals surface area contributed by atoms with E-state index in [-0.39, 0.29) is 57.7 Å². The van der Waals surface area contributed by atoms with Crippen molar-refractivity contribution in [3.05, 3.63) is 65.2 Å². The molecule has 1 aliphatic rings. The number of para-hydroxylation sites is 1. The van der Waals surface area contributed by atoms with E-state index in [9.17, 15) is 9.59 Å². The van der Waals surface area contributed by atoms with E-state index in [0.717, 1.165) is 42.7 Å². The predicted molar refractivity (Wildman–Crippen MR) is 115 cm³/mol. The molecule has 2 atom stereocenters. The third-order valence-electron chi connectivity index (χ3n) is 5.98. The summed E-state index contributed by atoms with van der Waals surface area (Å²) in [5.74, 6) is 0.0150. The minimum atomic E-state index is -0.265. The van der Waals surface area contributed by atoms with E-state index >= 15 is 0 Å². The molecule has 1 fully saturated rings. The third-order valence-corrected chi connectivity index (χ3v) is 5.98. The van der Waals surface area contributed by atoms with Crippen LogP contribution in [0, 0.1) is 13.8 Å². The van der Waals surface area contributed by atoms with Crippen molar-refractivity contribution in [1.82, 2.24) is 0 Å². The molecule has 6 heteroatoms. The minimum absolute atomic E-state index is 0. The molecule has 2 aromatic rings. The molecule has 1 heterocycles. The van der Waals surface area contributed by atoms with E-state index in [1.807, 2.05) is 50.2 Å². The monoisotopic (exact) mass is 484 g/mol. The Hall–Kier alpha value is -1.56. The number of hydrogen-bond acceptors (Lipinski definition) is 3. The number of hydrogen-bond donors (Lipinski definition) is 1. The van der Waals surface area contributed by atoms with Crippen LogP contribution in [-0.2, 0) is 47.0 Å². The fourth-order valence-electron chi connectivity index (χ4n) is 4.50. The molecule has 5 nitrogen and oxygen atoms in total. The zero-order chi connectivity index (χ0) is 20.9. The Kier molecular flexibility index (Phi) is 9.20. The van der Waals surface area contributed by atoms with E-state index in [4.69, 9.17) is 4.74 Å². The zero-order valence-corrected chi connectivity index (χ0v) is 21.0. The fraction of sp³-hybridized carbons (Fsp3) is 0.417. The standard InChI is InChI=1S/C24H30N2O3.Y/c1-18-9-7-10-19(2)24(18)25-22(27)16-26(17-23(28)29-3)14-8-13-21(15-26)20-11-5-4-6-12-20;/h4-7,9-12,21H,8,13-17H2,1-3H3;/p+1. The molecule has 3 rings (SSSR count). The summed E-state index contributed by atoms with van der Waals surface area (Å²) in [7, 11) is 1.41. The topological polar surface area (TPSA) is 55.4 Å². The number of carbonyl (C=O) groups excluding carboxylic acids is 2. The van der Waals surface area contributed by atoms with Crippen molar-refractivity contribution in [3.8, 4) is 0 Å². The maximum Gasteiger partial charge on any atom is 0.361 e. The van der Waals surface area contributed by atoms with Crippen LogP contribution in [0.3, 0.4) is 0 Å². The van der Waals surface area contributed by atoms with Crippen LogP contribution in [0.25, 0.3) is 0 Å². The van der Waals surface area contributed by atoms with Crippen molar-refractivity contribution in [2.24, 2.45) is 0 Å². The van der Waals surface area contributed by atoms with Gasteiger partial charge in [0.05, 0.1) is 20.2 Å². The van der Waals surface area contributed by atoms with Gasteiger partial charge in [-0.1, -0.05) is 48.5 Å². The van der Waals surface area contributed by atoms with Gasteiger partial charge < -0.3 is 14.5 Å². The second-order valence-corrected chi connectivity index (χ2v) is 8.21. The summed E-state index contributed by atoms with van der Waals surface area (Å²) in [4.78, 5) is 25.2. The number of carbonyl (C=O) groups is 2. The number of nitrogens with one attached hydrogen (secondary N) is 1. The van der Waals surface area contributed by atoms with E-state index in [0.29, 0.717) is 10.4 Å². The molecule has 1 amide bonds. The number of piperidine rings is 1. The van der Waals surface area contributed by atoms with Crippen LogP contribution >= 0.6 is 0 Å². The van der Waals surface area contributed by atoms with Crippen molar-refractivity contribution < 1.29 is 51.5 Å². The third kappa shape index (κ3) is 6.22. The molecule has 157 valence electrons. The maximum atomic E-state index is 13.0. The molecule has 1 N–H and O–H groups in total. The Labute approximate surface area is 204 Å². The Balaban J connectivity index is 0.00000320. The number of esters is 1. The molecule has 30 heavy (non-hydrogen) atoms. The van der Waals surface area contributed by atoms with Crippen molar-refractivity contribution in [2.75, 3.05) is 38.6 Å². The molecule has 0 saturated carbocycles. The van der Waals surface area contributed by atoms with E-state index in [1.165, 1.54) is 12.7 Å². The summed E-state index contributed by atoms with van der Waals surface area (Å²) in [5.41, 5.74) is 4.22. The maximum absolute atomic E-state index is 13.0. The number of rotatable bonds is 6. The van der Waals surface area contributed by atoms with Crippen molar-refractivity contribution >= 4 is 17.6 Å². The number of quaternary nitrogens is 1. The Morgan fingerprint density at radius 2 is 1.70 bits per heavy atom. The smallest absolute Gasteiger partial charge is 0.361 e.